The van der Waals surface area contributed by atoms with Crippen LogP contribution in [0, 0.1) is 11.8 Å². The van der Waals surface area contributed by atoms with Gasteiger partial charge in [-0.2, -0.15) is 26.3 Å². The molecule has 7 nitrogen and oxygen atoms in total. The van der Waals surface area contributed by atoms with Crippen LogP contribution in [0.15, 0.2) is 18.7 Å². The Morgan fingerprint density at radius 2 is 1.32 bits per heavy atom. The molecule has 0 radical (unpaired) electrons. The smallest absolute Gasteiger partial charge is 0.421 e. The normalized spacial score (nSPS) is 13.6. The molecule has 0 saturated carbocycles. The van der Waals surface area contributed by atoms with E-state index in [2.05, 4.69) is 55.6 Å². The summed E-state index contributed by atoms with van der Waals surface area (Å²) in [5.74, 6) is 1.44. The molecule has 0 saturated heterocycles. The number of hydrogen-bond acceptors (Lipinski definition) is 4. The van der Waals surface area contributed by atoms with Crippen LogP contribution < -0.4 is 4.57 Å². The number of imidazole rings is 1. The number of sulfonamides is 2. The molecule has 0 aliphatic rings. The van der Waals surface area contributed by atoms with E-state index in [0.29, 0.717) is 0 Å². The molecule has 0 N–H and O–H groups in total. The van der Waals surface area contributed by atoms with E-state index in [4.69, 9.17) is 0 Å². The van der Waals surface area contributed by atoms with E-state index in [1.54, 1.807) is 0 Å². The molecule has 0 fully saturated rings. The number of alkyl halides is 6. The fourth-order valence-corrected chi connectivity index (χ4v) is 3.42. The van der Waals surface area contributed by atoms with E-state index in [9.17, 15) is 43.2 Å². The molecule has 0 atom stereocenters. The van der Waals surface area contributed by atoms with Gasteiger partial charge in [-0.25, -0.2) is 26.0 Å². The van der Waals surface area contributed by atoms with Gasteiger partial charge in [-0.1, -0.05) is 27.7 Å². The fourth-order valence-electron chi connectivity index (χ4n) is 1.71. The van der Waals surface area contributed by atoms with E-state index < -0.39 is 31.1 Å². The van der Waals surface area contributed by atoms with Crippen molar-refractivity contribution in [3.63, 3.8) is 0 Å². The Labute approximate surface area is 159 Å². The third-order valence-corrected chi connectivity index (χ3v) is 5.42. The molecule has 0 unspecified atom stereocenters. The third-order valence-electron chi connectivity index (χ3n) is 2.68. The second kappa shape index (κ2) is 9.43. The van der Waals surface area contributed by atoms with Gasteiger partial charge in [0.25, 0.3) is 0 Å². The van der Waals surface area contributed by atoms with Crippen LogP contribution in [0.2, 0.25) is 0 Å². The van der Waals surface area contributed by atoms with Gasteiger partial charge in [0, 0.05) is 0 Å². The van der Waals surface area contributed by atoms with Gasteiger partial charge in [-0.05, 0) is 11.8 Å². The summed E-state index contributed by atoms with van der Waals surface area (Å²) < 4.78 is 114. The van der Waals surface area contributed by atoms with Crippen molar-refractivity contribution >= 4 is 20.0 Å². The average molecular weight is 461 g/mol. The van der Waals surface area contributed by atoms with Crippen molar-refractivity contribution in [1.29, 1.82) is 0 Å². The van der Waals surface area contributed by atoms with Crippen molar-refractivity contribution < 1.29 is 47.7 Å². The second-order valence-electron chi connectivity index (χ2n) is 6.51. The minimum Gasteiger partial charge on any atom is -0.421 e. The number of aromatic nitrogens is 2. The Morgan fingerprint density at radius 1 is 0.893 bits per heavy atom. The van der Waals surface area contributed by atoms with E-state index in [-0.39, 0.29) is 0 Å². The maximum Gasteiger partial charge on any atom is 0.480 e. The molecule has 0 aromatic carbocycles. The SMILES string of the molecule is CC(C)Cn1cc[n+](CC(C)C)c1.O=S(=O)([N-]S(=O)(=O)C(F)(F)F)C(F)(F)F. The molecule has 166 valence electrons. The van der Waals surface area contributed by atoms with Crippen molar-refractivity contribution in [2.24, 2.45) is 11.8 Å². The Kier molecular flexibility index (Phi) is 8.98. The van der Waals surface area contributed by atoms with Crippen LogP contribution in [-0.4, -0.2) is 32.4 Å². The summed E-state index contributed by atoms with van der Waals surface area (Å²) in [6.07, 6.45) is 6.50. The van der Waals surface area contributed by atoms with Crippen LogP contribution in [0.5, 0.6) is 0 Å². The lowest BCUT2D eigenvalue weighted by atomic mass is 10.2. The monoisotopic (exact) mass is 461 g/mol. The summed E-state index contributed by atoms with van der Waals surface area (Å²) in [6, 6.07) is 0. The molecule has 28 heavy (non-hydrogen) atoms. The molecule has 0 bridgehead atoms. The number of hydrogen-bond donors (Lipinski definition) is 0. The molecular weight excluding hydrogens is 440 g/mol. The summed E-state index contributed by atoms with van der Waals surface area (Å²) in [5.41, 5.74) is -12.4. The lowest BCUT2D eigenvalue weighted by molar-refractivity contribution is -0.701. The van der Waals surface area contributed by atoms with Gasteiger partial charge in [0.2, 0.25) is 6.33 Å². The van der Waals surface area contributed by atoms with E-state index >= 15 is 0 Å². The van der Waals surface area contributed by atoms with Gasteiger partial charge < -0.3 is 4.13 Å². The first-order valence-electron chi connectivity index (χ1n) is 7.70. The van der Waals surface area contributed by atoms with Gasteiger partial charge in [-0.3, -0.25) is 0 Å². The van der Waals surface area contributed by atoms with Gasteiger partial charge in [-0.15, -0.1) is 0 Å². The highest BCUT2D eigenvalue weighted by Crippen LogP contribution is 2.36. The zero-order valence-electron chi connectivity index (χ0n) is 15.4. The van der Waals surface area contributed by atoms with Gasteiger partial charge in [0.1, 0.15) is 12.4 Å². The molecular formula is C13H21F6N3O4S2. The predicted octanol–water partition coefficient (Wildman–Crippen LogP) is 3.15. The summed E-state index contributed by atoms with van der Waals surface area (Å²) in [4.78, 5) is 0. The highest BCUT2D eigenvalue weighted by molar-refractivity contribution is 8.13. The second-order valence-corrected chi connectivity index (χ2v) is 9.93. The first-order chi connectivity index (χ1) is 12.3. The zero-order chi connectivity index (χ0) is 22.6. The van der Waals surface area contributed by atoms with Crippen molar-refractivity contribution in [2.75, 3.05) is 0 Å². The van der Waals surface area contributed by atoms with Crippen molar-refractivity contribution in [1.82, 2.24) is 4.57 Å². The summed E-state index contributed by atoms with van der Waals surface area (Å²) in [7, 11) is -13.4. The van der Waals surface area contributed by atoms with Crippen LogP contribution >= 0.6 is 0 Å². The molecule has 1 heterocycles. The lowest BCUT2D eigenvalue weighted by Gasteiger charge is -2.22. The summed E-state index contributed by atoms with van der Waals surface area (Å²) in [6.45, 7) is 11.2. The minimum atomic E-state index is -6.72. The molecule has 0 amide bonds. The molecule has 15 heteroatoms. The molecule has 0 spiro atoms. The van der Waals surface area contributed by atoms with Gasteiger partial charge in [0.05, 0.1) is 13.1 Å². The van der Waals surface area contributed by atoms with Crippen molar-refractivity contribution in [3.05, 3.63) is 22.8 Å². The summed E-state index contributed by atoms with van der Waals surface area (Å²) in [5, 5.41) is 0. The Balaban J connectivity index is 0.000000525. The highest BCUT2D eigenvalue weighted by Gasteiger charge is 2.46. The van der Waals surface area contributed by atoms with Crippen molar-refractivity contribution in [2.45, 2.75) is 51.8 Å². The molecule has 0 aliphatic heterocycles. The van der Waals surface area contributed by atoms with E-state index in [0.717, 1.165) is 29.1 Å². The first-order valence-corrected chi connectivity index (χ1v) is 10.6. The predicted molar refractivity (Wildman–Crippen MR) is 87.6 cm³/mol. The largest absolute Gasteiger partial charge is 0.480 e. The number of nitrogens with zero attached hydrogens (tertiary/aromatic N) is 3. The van der Waals surface area contributed by atoms with Gasteiger partial charge in [0.15, 0.2) is 20.0 Å². The van der Waals surface area contributed by atoms with E-state index in [1.165, 1.54) is 0 Å². The van der Waals surface area contributed by atoms with Crippen molar-refractivity contribution in [3.8, 4) is 0 Å². The standard InChI is InChI=1S/C11H21N2.C2F6NO4S2/c1-10(2)7-12-5-6-13(9-12)8-11(3)4;3-1(4,5)14(10,11)9-15(12,13)2(6,7)8/h5-6,9-11H,7-8H2,1-4H3;/q+1;-1. The fraction of sp³-hybridized carbons (Fsp3) is 0.769. The molecule has 1 rings (SSSR count). The first kappa shape index (κ1) is 26.6. The molecule has 1 aromatic heterocycles. The van der Waals surface area contributed by atoms with Gasteiger partial charge >= 0.3 is 11.0 Å². The van der Waals surface area contributed by atoms with Crippen LogP contribution in [0.25, 0.3) is 4.13 Å². The number of rotatable bonds is 6. The Bertz CT molecular complexity index is 761. The topological polar surface area (TPSA) is 91.2 Å². The molecule has 0 aliphatic carbocycles. The maximum absolute atomic E-state index is 11.4. The quantitative estimate of drug-likeness (QED) is 0.481. The Morgan fingerprint density at radius 3 is 1.64 bits per heavy atom. The number of halogens is 6. The lowest BCUT2D eigenvalue weighted by Crippen LogP contribution is -2.33. The minimum absolute atomic E-state index is 0.722. The maximum atomic E-state index is 11.4. The van der Waals surface area contributed by atoms with E-state index in [1.807, 2.05) is 0 Å². The van der Waals surface area contributed by atoms with Crippen LogP contribution in [-0.2, 0) is 33.1 Å². The van der Waals surface area contributed by atoms with Crippen LogP contribution in [0.4, 0.5) is 26.3 Å². The van der Waals surface area contributed by atoms with Crippen LogP contribution in [0.3, 0.4) is 0 Å². The zero-order valence-corrected chi connectivity index (χ0v) is 17.0. The Hall–Kier alpha value is -1.35. The average Bonchev–Trinajstić information content (AvgIpc) is 2.80. The summed E-state index contributed by atoms with van der Waals surface area (Å²) >= 11 is 0. The molecule has 1 aromatic rings. The third kappa shape index (κ3) is 8.77. The van der Waals surface area contributed by atoms with Crippen LogP contribution in [0.1, 0.15) is 27.7 Å². The highest BCUT2D eigenvalue weighted by atomic mass is 32.3.